The molecule has 0 radical (unpaired) electrons. The molecule has 1 aliphatic rings. The number of piperazine rings is 1. The summed E-state index contributed by atoms with van der Waals surface area (Å²) in [5.41, 5.74) is 1.64. The fourth-order valence-corrected chi connectivity index (χ4v) is 4.16. The highest BCUT2D eigenvalue weighted by Crippen LogP contribution is 2.33. The summed E-state index contributed by atoms with van der Waals surface area (Å²) in [4.78, 5) is 20.9. The van der Waals surface area contributed by atoms with Gasteiger partial charge in [-0.25, -0.2) is 9.78 Å². The molecule has 1 aromatic carbocycles. The minimum absolute atomic E-state index is 0.242. The normalized spacial score (nSPS) is 15.9. The molecule has 0 saturated carbocycles. The van der Waals surface area contributed by atoms with Crippen LogP contribution in [0.25, 0.3) is 10.2 Å². The monoisotopic (exact) mass is 367 g/mol. The molecule has 1 fully saturated rings. The zero-order valence-corrected chi connectivity index (χ0v) is 16.0. The lowest BCUT2D eigenvalue weighted by molar-refractivity contribution is 0.0240. The lowest BCUT2D eigenvalue weighted by Crippen LogP contribution is -2.50. The summed E-state index contributed by atoms with van der Waals surface area (Å²) >= 11 is 7.78. The number of anilines is 1. The highest BCUT2D eigenvalue weighted by atomic mass is 35.5. The highest BCUT2D eigenvalue weighted by Gasteiger charge is 2.27. The van der Waals surface area contributed by atoms with Crippen molar-refractivity contribution in [3.8, 4) is 0 Å². The topological polar surface area (TPSA) is 45.7 Å². The van der Waals surface area contributed by atoms with E-state index in [0.717, 1.165) is 39.0 Å². The summed E-state index contributed by atoms with van der Waals surface area (Å²) in [5, 5.41) is 1.73. The fourth-order valence-electron chi connectivity index (χ4n) is 2.68. The quantitative estimate of drug-likeness (QED) is 0.753. The van der Waals surface area contributed by atoms with Gasteiger partial charge in [0.2, 0.25) is 0 Å². The van der Waals surface area contributed by atoms with Crippen molar-refractivity contribution < 1.29 is 9.53 Å². The number of hydrogen-bond acceptors (Lipinski definition) is 5. The van der Waals surface area contributed by atoms with Gasteiger partial charge in [0.15, 0.2) is 5.13 Å². The van der Waals surface area contributed by atoms with E-state index in [2.05, 4.69) is 4.90 Å². The van der Waals surface area contributed by atoms with E-state index >= 15 is 0 Å². The van der Waals surface area contributed by atoms with Crippen LogP contribution in [0.15, 0.2) is 12.1 Å². The number of halogens is 1. The van der Waals surface area contributed by atoms with Gasteiger partial charge in [-0.3, -0.25) is 0 Å². The van der Waals surface area contributed by atoms with Crippen LogP contribution in [0.2, 0.25) is 5.02 Å². The number of rotatable bonds is 1. The number of aromatic nitrogens is 1. The average molecular weight is 368 g/mol. The zero-order chi connectivity index (χ0) is 17.5. The number of thiazole rings is 1. The first-order valence-corrected chi connectivity index (χ1v) is 9.22. The molecule has 0 unspecified atom stereocenters. The van der Waals surface area contributed by atoms with Crippen molar-refractivity contribution in [1.29, 1.82) is 0 Å². The second-order valence-electron chi connectivity index (χ2n) is 7.02. The summed E-state index contributed by atoms with van der Waals surface area (Å²) in [6.45, 7) is 10.5. The lowest BCUT2D eigenvalue weighted by atomic mass is 10.2. The maximum atomic E-state index is 12.1. The highest BCUT2D eigenvalue weighted by molar-refractivity contribution is 7.22. The van der Waals surface area contributed by atoms with E-state index < -0.39 is 5.60 Å². The van der Waals surface area contributed by atoms with E-state index in [1.807, 2.05) is 39.8 Å². The van der Waals surface area contributed by atoms with Crippen LogP contribution in [-0.2, 0) is 4.74 Å². The van der Waals surface area contributed by atoms with E-state index in [9.17, 15) is 4.79 Å². The Bertz CT molecular complexity index is 761. The molecular weight excluding hydrogens is 346 g/mol. The van der Waals surface area contributed by atoms with Gasteiger partial charge in [-0.1, -0.05) is 22.9 Å². The Morgan fingerprint density at radius 3 is 2.54 bits per heavy atom. The maximum absolute atomic E-state index is 12.1. The number of hydrogen-bond donors (Lipinski definition) is 0. The number of fused-ring (bicyclic) bond motifs is 1. The van der Waals surface area contributed by atoms with E-state index in [1.54, 1.807) is 16.2 Å². The van der Waals surface area contributed by atoms with Gasteiger partial charge in [-0.15, -0.1) is 0 Å². The molecule has 0 aliphatic carbocycles. The van der Waals surface area contributed by atoms with Crippen molar-refractivity contribution in [2.24, 2.45) is 0 Å². The van der Waals surface area contributed by atoms with Crippen LogP contribution in [-0.4, -0.2) is 47.8 Å². The van der Waals surface area contributed by atoms with Gasteiger partial charge in [0.05, 0.1) is 10.2 Å². The molecule has 2 aromatic rings. The predicted molar refractivity (Wildman–Crippen MR) is 99.4 cm³/mol. The van der Waals surface area contributed by atoms with Gasteiger partial charge in [0, 0.05) is 31.2 Å². The smallest absolute Gasteiger partial charge is 0.410 e. The molecule has 0 spiro atoms. The molecular formula is C17H22ClN3O2S. The molecule has 2 heterocycles. The Morgan fingerprint density at radius 2 is 1.92 bits per heavy atom. The molecule has 1 amide bonds. The number of benzene rings is 1. The van der Waals surface area contributed by atoms with Crippen LogP contribution in [0.5, 0.6) is 0 Å². The molecule has 1 saturated heterocycles. The third-order valence-electron chi connectivity index (χ3n) is 3.84. The van der Waals surface area contributed by atoms with Crippen LogP contribution >= 0.6 is 22.9 Å². The van der Waals surface area contributed by atoms with Gasteiger partial charge < -0.3 is 14.5 Å². The van der Waals surface area contributed by atoms with Gasteiger partial charge in [0.1, 0.15) is 5.60 Å². The zero-order valence-electron chi connectivity index (χ0n) is 14.4. The second kappa shape index (κ2) is 6.41. The van der Waals surface area contributed by atoms with Gasteiger partial charge in [-0.05, 0) is 45.4 Å². The van der Waals surface area contributed by atoms with E-state index in [4.69, 9.17) is 21.3 Å². The second-order valence-corrected chi connectivity index (χ2v) is 8.47. The Kier molecular flexibility index (Phi) is 4.62. The Hall–Kier alpha value is -1.53. The van der Waals surface area contributed by atoms with Gasteiger partial charge >= 0.3 is 6.09 Å². The van der Waals surface area contributed by atoms with Crippen LogP contribution in [0, 0.1) is 6.92 Å². The molecule has 24 heavy (non-hydrogen) atoms. The first kappa shape index (κ1) is 17.3. The van der Waals surface area contributed by atoms with Gasteiger partial charge in [-0.2, -0.15) is 0 Å². The van der Waals surface area contributed by atoms with E-state index in [-0.39, 0.29) is 6.09 Å². The molecule has 0 atom stereocenters. The molecule has 1 aliphatic heterocycles. The number of ether oxygens (including phenoxy) is 1. The molecule has 0 N–H and O–H groups in total. The summed E-state index contributed by atoms with van der Waals surface area (Å²) in [6, 6.07) is 3.90. The molecule has 130 valence electrons. The van der Waals surface area contributed by atoms with Crippen molar-refractivity contribution in [2.45, 2.75) is 33.3 Å². The van der Waals surface area contributed by atoms with Crippen LogP contribution in [0.3, 0.4) is 0 Å². The third-order valence-corrected chi connectivity index (χ3v) is 5.12. The molecule has 3 rings (SSSR count). The van der Waals surface area contributed by atoms with Crippen molar-refractivity contribution in [3.63, 3.8) is 0 Å². The summed E-state index contributed by atoms with van der Waals surface area (Å²) in [5.74, 6) is 0. The number of carbonyl (C=O) groups excluding carboxylic acids is 1. The molecule has 1 aromatic heterocycles. The number of nitrogens with zero attached hydrogens (tertiary/aromatic N) is 3. The van der Waals surface area contributed by atoms with Crippen LogP contribution < -0.4 is 4.90 Å². The SMILES string of the molecule is Cc1cc(Cl)cc2sc(N3CCN(C(=O)OC(C)(C)C)CC3)nc12. The Labute approximate surface area is 151 Å². The summed E-state index contributed by atoms with van der Waals surface area (Å²) < 4.78 is 6.54. The summed E-state index contributed by atoms with van der Waals surface area (Å²) in [6.07, 6.45) is -0.242. The van der Waals surface area contributed by atoms with E-state index in [0.29, 0.717) is 13.1 Å². The standard InChI is InChI=1S/C17H22ClN3O2S/c1-11-9-12(18)10-13-14(11)19-15(24-13)20-5-7-21(8-6-20)16(22)23-17(2,3)4/h9-10H,5-8H2,1-4H3. The number of amides is 1. The third kappa shape index (κ3) is 3.75. The predicted octanol–water partition coefficient (Wildman–Crippen LogP) is 4.32. The van der Waals surface area contributed by atoms with E-state index in [1.165, 1.54) is 0 Å². The molecule has 5 nitrogen and oxygen atoms in total. The number of aryl methyl sites for hydroxylation is 1. The largest absolute Gasteiger partial charge is 0.444 e. The molecule has 0 bridgehead atoms. The van der Waals surface area contributed by atoms with Gasteiger partial charge in [0.25, 0.3) is 0 Å². The summed E-state index contributed by atoms with van der Waals surface area (Å²) in [7, 11) is 0. The fraction of sp³-hybridized carbons (Fsp3) is 0.529. The number of carbonyl (C=O) groups is 1. The van der Waals surface area contributed by atoms with Crippen LogP contribution in [0.4, 0.5) is 9.93 Å². The average Bonchev–Trinajstić information content (AvgIpc) is 2.90. The Morgan fingerprint density at radius 1 is 1.25 bits per heavy atom. The Balaban J connectivity index is 1.69. The minimum Gasteiger partial charge on any atom is -0.444 e. The first-order chi connectivity index (χ1) is 11.2. The molecule has 7 heteroatoms. The van der Waals surface area contributed by atoms with Crippen molar-refractivity contribution in [2.75, 3.05) is 31.1 Å². The maximum Gasteiger partial charge on any atom is 0.410 e. The van der Waals surface area contributed by atoms with Crippen molar-refractivity contribution in [3.05, 3.63) is 22.7 Å². The minimum atomic E-state index is -0.460. The lowest BCUT2D eigenvalue weighted by Gasteiger charge is -2.35. The first-order valence-electron chi connectivity index (χ1n) is 8.02. The van der Waals surface area contributed by atoms with Crippen LogP contribution in [0.1, 0.15) is 26.3 Å². The van der Waals surface area contributed by atoms with Crippen molar-refractivity contribution >= 4 is 44.4 Å². The van der Waals surface area contributed by atoms with Crippen molar-refractivity contribution in [1.82, 2.24) is 9.88 Å².